The van der Waals surface area contributed by atoms with Gasteiger partial charge in [0.15, 0.2) is 0 Å². The van der Waals surface area contributed by atoms with Gasteiger partial charge in [-0.25, -0.2) is 0 Å². The predicted octanol–water partition coefficient (Wildman–Crippen LogP) is 5.32. The molecule has 0 aliphatic carbocycles. The van der Waals surface area contributed by atoms with Crippen LogP contribution in [0.1, 0.15) is 73.9 Å². The summed E-state index contributed by atoms with van der Waals surface area (Å²) in [5, 5.41) is 18.6. The van der Waals surface area contributed by atoms with Crippen molar-refractivity contribution in [2.75, 3.05) is 24.6 Å². The van der Waals surface area contributed by atoms with Gasteiger partial charge in [-0.05, 0) is 99.9 Å². The highest BCUT2D eigenvalue weighted by molar-refractivity contribution is 5.95. The van der Waals surface area contributed by atoms with Gasteiger partial charge in [0.05, 0.1) is 11.6 Å². The summed E-state index contributed by atoms with van der Waals surface area (Å²) in [6.07, 6.45) is 5.65. The van der Waals surface area contributed by atoms with Crippen molar-refractivity contribution in [3.05, 3.63) is 59.2 Å². The lowest BCUT2D eigenvalue weighted by molar-refractivity contribution is 0.0619. The lowest BCUT2D eigenvalue weighted by atomic mass is 9.97. The van der Waals surface area contributed by atoms with Crippen molar-refractivity contribution in [3.63, 3.8) is 0 Å². The zero-order valence-electron chi connectivity index (χ0n) is 21.8. The zero-order valence-corrected chi connectivity index (χ0v) is 21.8. The Morgan fingerprint density at radius 1 is 1.14 bits per heavy atom. The fraction of sp³-hybridized carbons (Fsp3) is 0.533. The summed E-state index contributed by atoms with van der Waals surface area (Å²) in [4.78, 5) is 18.0. The molecule has 0 aromatic heterocycles. The number of hydrogen-bond acceptors (Lipinski definition) is 5. The number of anilines is 1. The number of ether oxygens (including phenoxy) is 1. The molecule has 2 heterocycles. The van der Waals surface area contributed by atoms with Gasteiger partial charge in [0.2, 0.25) is 0 Å². The molecule has 3 atom stereocenters. The average molecular weight is 490 g/mol. The Morgan fingerprint density at radius 2 is 1.86 bits per heavy atom. The van der Waals surface area contributed by atoms with Gasteiger partial charge in [0.1, 0.15) is 11.9 Å². The van der Waals surface area contributed by atoms with E-state index >= 15 is 0 Å². The van der Waals surface area contributed by atoms with E-state index in [4.69, 9.17) is 4.74 Å². The van der Waals surface area contributed by atoms with E-state index in [0.29, 0.717) is 11.5 Å². The number of aliphatic hydroxyl groups excluding tert-OH is 1. The third-order valence-corrected chi connectivity index (χ3v) is 7.98. The minimum absolute atomic E-state index is 0.00663. The maximum Gasteiger partial charge on any atom is 0.254 e. The monoisotopic (exact) mass is 489 g/mol. The second-order valence-corrected chi connectivity index (χ2v) is 10.4. The molecular formula is C30H39N3O3. The van der Waals surface area contributed by atoms with Crippen LogP contribution in [0, 0.1) is 24.2 Å². The van der Waals surface area contributed by atoms with E-state index in [1.165, 1.54) is 0 Å². The van der Waals surface area contributed by atoms with Crippen molar-refractivity contribution in [2.24, 2.45) is 5.92 Å². The molecule has 0 bridgehead atoms. The first-order chi connectivity index (χ1) is 17.4. The fourth-order valence-electron chi connectivity index (χ4n) is 5.64. The standard InChI is InChI=1S/C30H39N3O3/c1-4-28(36-29-12-8-25(19-31)21(2)17-29)18-27-9-5-22(3)33(27)30(35)24-6-10-26(11-7-24)32-15-13-23(20-34)14-16-32/h6-8,10-12,17,22-23,27-28,34H,4-5,9,13-16,18,20H2,1-3H3. The molecule has 2 saturated heterocycles. The highest BCUT2D eigenvalue weighted by Gasteiger charge is 2.36. The Hall–Kier alpha value is -3.04. The highest BCUT2D eigenvalue weighted by Crippen LogP contribution is 2.31. The van der Waals surface area contributed by atoms with Crippen LogP contribution < -0.4 is 9.64 Å². The van der Waals surface area contributed by atoms with Gasteiger partial charge >= 0.3 is 0 Å². The molecule has 0 spiro atoms. The number of likely N-dealkylation sites (tertiary alicyclic amines) is 1. The molecule has 2 aliphatic heterocycles. The lowest BCUT2D eigenvalue weighted by Gasteiger charge is -2.33. The Labute approximate surface area is 215 Å². The predicted molar refractivity (Wildman–Crippen MR) is 142 cm³/mol. The molecule has 4 rings (SSSR count). The summed E-state index contributed by atoms with van der Waals surface area (Å²) in [5.41, 5.74) is 3.46. The first kappa shape index (κ1) is 26.0. The van der Waals surface area contributed by atoms with E-state index in [-0.39, 0.29) is 30.7 Å². The molecule has 0 saturated carbocycles. The second-order valence-electron chi connectivity index (χ2n) is 10.4. The molecule has 2 aliphatic rings. The smallest absolute Gasteiger partial charge is 0.254 e. The van der Waals surface area contributed by atoms with Gasteiger partial charge in [0, 0.05) is 49.5 Å². The van der Waals surface area contributed by atoms with Crippen molar-refractivity contribution >= 4 is 11.6 Å². The van der Waals surface area contributed by atoms with Crippen LogP contribution in [-0.2, 0) is 0 Å². The second kappa shape index (κ2) is 11.8. The van der Waals surface area contributed by atoms with Crippen LogP contribution in [0.25, 0.3) is 0 Å². The van der Waals surface area contributed by atoms with Gasteiger partial charge in [0.25, 0.3) is 5.91 Å². The van der Waals surface area contributed by atoms with E-state index in [9.17, 15) is 15.2 Å². The molecule has 2 fully saturated rings. The molecule has 1 N–H and O–H groups in total. The van der Waals surface area contributed by atoms with Crippen LogP contribution in [0.15, 0.2) is 42.5 Å². The molecule has 36 heavy (non-hydrogen) atoms. The number of aliphatic hydroxyl groups is 1. The van der Waals surface area contributed by atoms with Gasteiger partial charge in [-0.3, -0.25) is 4.79 Å². The van der Waals surface area contributed by atoms with Crippen molar-refractivity contribution in [2.45, 2.75) is 77.5 Å². The van der Waals surface area contributed by atoms with E-state index < -0.39 is 0 Å². The molecular weight excluding hydrogens is 450 g/mol. The minimum Gasteiger partial charge on any atom is -0.490 e. The van der Waals surface area contributed by atoms with Gasteiger partial charge in [-0.1, -0.05) is 6.92 Å². The van der Waals surface area contributed by atoms with Crippen molar-refractivity contribution in [1.82, 2.24) is 4.90 Å². The van der Waals surface area contributed by atoms with Gasteiger partial charge in [-0.15, -0.1) is 0 Å². The van der Waals surface area contributed by atoms with Crippen LogP contribution in [0.3, 0.4) is 0 Å². The number of nitrogens with zero attached hydrogens (tertiary/aromatic N) is 3. The SMILES string of the molecule is CCC(CC1CCC(C)N1C(=O)c1ccc(N2CCC(CO)CC2)cc1)Oc1ccc(C#N)c(C)c1. The number of rotatable bonds is 8. The summed E-state index contributed by atoms with van der Waals surface area (Å²) in [6.45, 7) is 8.35. The first-order valence-electron chi connectivity index (χ1n) is 13.4. The number of hydrogen-bond donors (Lipinski definition) is 1. The van der Waals surface area contributed by atoms with Crippen molar-refractivity contribution in [1.29, 1.82) is 5.26 Å². The van der Waals surface area contributed by atoms with Gasteiger partial charge < -0.3 is 19.6 Å². The van der Waals surface area contributed by atoms with Crippen LogP contribution in [0.2, 0.25) is 0 Å². The van der Waals surface area contributed by atoms with Crippen LogP contribution in [0.4, 0.5) is 5.69 Å². The Balaban J connectivity index is 1.41. The first-order valence-corrected chi connectivity index (χ1v) is 13.4. The topological polar surface area (TPSA) is 76.8 Å². The Bertz CT molecular complexity index is 1070. The average Bonchev–Trinajstić information content (AvgIpc) is 3.27. The maximum atomic E-state index is 13.6. The molecule has 192 valence electrons. The summed E-state index contributed by atoms with van der Waals surface area (Å²) in [5.74, 6) is 1.29. The number of carbonyl (C=O) groups excluding carboxylic acids is 1. The highest BCUT2D eigenvalue weighted by atomic mass is 16.5. The molecule has 0 radical (unpaired) electrons. The zero-order chi connectivity index (χ0) is 25.7. The summed E-state index contributed by atoms with van der Waals surface area (Å²) in [6, 6.07) is 16.2. The lowest BCUT2D eigenvalue weighted by Crippen LogP contribution is -2.42. The number of carbonyl (C=O) groups is 1. The van der Waals surface area contributed by atoms with Crippen LogP contribution >= 0.6 is 0 Å². The third-order valence-electron chi connectivity index (χ3n) is 7.98. The van der Waals surface area contributed by atoms with Crippen molar-refractivity contribution in [3.8, 4) is 11.8 Å². The number of nitriles is 1. The summed E-state index contributed by atoms with van der Waals surface area (Å²) < 4.78 is 6.30. The Kier molecular flexibility index (Phi) is 8.53. The summed E-state index contributed by atoms with van der Waals surface area (Å²) >= 11 is 0. The number of amides is 1. The minimum atomic E-state index is 0.00663. The maximum absolute atomic E-state index is 13.6. The Morgan fingerprint density at radius 3 is 2.47 bits per heavy atom. The van der Waals surface area contributed by atoms with Crippen LogP contribution in [-0.4, -0.2) is 53.8 Å². The molecule has 3 unspecified atom stereocenters. The van der Waals surface area contributed by atoms with Gasteiger partial charge in [-0.2, -0.15) is 5.26 Å². The number of piperidine rings is 1. The normalized spacial score (nSPS) is 21.3. The third kappa shape index (κ3) is 5.84. The molecule has 6 nitrogen and oxygen atoms in total. The van der Waals surface area contributed by atoms with E-state index in [1.54, 1.807) is 0 Å². The molecule has 2 aromatic carbocycles. The van der Waals surface area contributed by atoms with Crippen LogP contribution in [0.5, 0.6) is 5.75 Å². The van der Waals surface area contributed by atoms with E-state index in [0.717, 1.165) is 74.2 Å². The number of aryl methyl sites for hydroxylation is 1. The number of benzene rings is 2. The fourth-order valence-corrected chi connectivity index (χ4v) is 5.64. The molecule has 1 amide bonds. The largest absolute Gasteiger partial charge is 0.490 e. The quantitative estimate of drug-likeness (QED) is 0.543. The summed E-state index contributed by atoms with van der Waals surface area (Å²) in [7, 11) is 0. The van der Waals surface area contributed by atoms with E-state index in [2.05, 4.69) is 41.8 Å². The molecule has 6 heteroatoms. The van der Waals surface area contributed by atoms with Crippen molar-refractivity contribution < 1.29 is 14.6 Å². The molecule has 2 aromatic rings. The van der Waals surface area contributed by atoms with E-state index in [1.807, 2.05) is 37.3 Å².